The van der Waals surface area contributed by atoms with Gasteiger partial charge in [-0.2, -0.15) is 5.26 Å². The molecule has 1 aromatic rings. The molecule has 0 bridgehead atoms. The van der Waals surface area contributed by atoms with Gasteiger partial charge in [-0.1, -0.05) is 20.8 Å². The van der Waals surface area contributed by atoms with E-state index in [0.29, 0.717) is 5.69 Å². The average Bonchev–Trinajstić information content (AvgIpc) is 2.38. The van der Waals surface area contributed by atoms with Crippen molar-refractivity contribution in [1.82, 2.24) is 0 Å². The lowest BCUT2D eigenvalue weighted by Crippen LogP contribution is -2.22. The normalized spacial score (nSPS) is 12.5. The van der Waals surface area contributed by atoms with Gasteiger partial charge in [0.2, 0.25) is 0 Å². The predicted molar refractivity (Wildman–Crippen MR) is 74.9 cm³/mol. The molecule has 1 rings (SSSR count). The minimum atomic E-state index is -4.75. The van der Waals surface area contributed by atoms with Crippen molar-refractivity contribution in [1.29, 1.82) is 5.26 Å². The van der Waals surface area contributed by atoms with Crippen LogP contribution < -0.4 is 10.1 Å². The third-order valence-corrected chi connectivity index (χ3v) is 2.52. The van der Waals surface area contributed by atoms with Gasteiger partial charge >= 0.3 is 6.36 Å². The molecule has 0 heterocycles. The van der Waals surface area contributed by atoms with E-state index in [2.05, 4.69) is 10.1 Å². The molecule has 4 nitrogen and oxygen atoms in total. The molecule has 0 atom stereocenters. The van der Waals surface area contributed by atoms with Gasteiger partial charge in [-0.15, -0.1) is 13.2 Å². The molecule has 0 saturated carbocycles. The minimum Gasteiger partial charge on any atom is -0.406 e. The van der Waals surface area contributed by atoms with Gasteiger partial charge in [0.25, 0.3) is 0 Å². The van der Waals surface area contributed by atoms with Crippen LogP contribution in [0.3, 0.4) is 0 Å². The Balaban J connectivity index is 2.81. The summed E-state index contributed by atoms with van der Waals surface area (Å²) in [6, 6.07) is 6.73. The highest BCUT2D eigenvalue weighted by Gasteiger charge is 2.31. The number of halogens is 3. The van der Waals surface area contributed by atoms with Crippen LogP contribution in [0.2, 0.25) is 0 Å². The number of anilines is 1. The van der Waals surface area contributed by atoms with Crippen LogP contribution in [0, 0.1) is 16.7 Å². The first-order valence-corrected chi connectivity index (χ1v) is 6.30. The fourth-order valence-electron chi connectivity index (χ4n) is 1.46. The smallest absolute Gasteiger partial charge is 0.406 e. The van der Waals surface area contributed by atoms with E-state index in [1.165, 1.54) is 18.3 Å². The van der Waals surface area contributed by atoms with Gasteiger partial charge in [-0.25, -0.2) is 0 Å². The molecule has 0 aromatic heterocycles. The van der Waals surface area contributed by atoms with Crippen LogP contribution in [0.25, 0.3) is 0 Å². The van der Waals surface area contributed by atoms with Gasteiger partial charge in [0.15, 0.2) is 5.78 Å². The Kier molecular flexibility index (Phi) is 5.20. The van der Waals surface area contributed by atoms with Crippen LogP contribution >= 0.6 is 0 Å². The molecule has 0 aliphatic carbocycles. The first-order valence-electron chi connectivity index (χ1n) is 6.30. The molecular weight excluding hydrogens is 297 g/mol. The van der Waals surface area contributed by atoms with E-state index >= 15 is 0 Å². The molecule has 0 aliphatic rings. The summed E-state index contributed by atoms with van der Waals surface area (Å²) in [5.74, 6) is -0.687. The maximum absolute atomic E-state index is 12.0. The summed E-state index contributed by atoms with van der Waals surface area (Å²) in [6.45, 7) is 5.05. The van der Waals surface area contributed by atoms with Gasteiger partial charge in [0.1, 0.15) is 17.4 Å². The van der Waals surface area contributed by atoms with E-state index in [1.54, 1.807) is 26.8 Å². The van der Waals surface area contributed by atoms with Gasteiger partial charge in [-0.05, 0) is 24.3 Å². The molecular formula is C15H15F3N2O2. The number of nitrogens with zero attached hydrogens (tertiary/aromatic N) is 1. The van der Waals surface area contributed by atoms with E-state index < -0.39 is 11.8 Å². The standard InChI is InChI=1S/C15H15F3N2O2/c1-14(2,3)13(21)10(8-19)9-20-11-4-6-12(7-5-11)22-15(16,17)18/h4-7,9,20H,1-3H3/b10-9+. The van der Waals surface area contributed by atoms with Crippen LogP contribution in [-0.4, -0.2) is 12.1 Å². The molecule has 0 fully saturated rings. The second-order valence-corrected chi connectivity index (χ2v) is 5.47. The van der Waals surface area contributed by atoms with E-state index in [0.717, 1.165) is 12.1 Å². The second kappa shape index (κ2) is 6.52. The molecule has 0 aliphatic heterocycles. The number of carbonyl (C=O) groups is 1. The number of carbonyl (C=O) groups excluding carboxylic acids is 1. The summed E-state index contributed by atoms with van der Waals surface area (Å²) in [7, 11) is 0. The fraction of sp³-hybridized carbons (Fsp3) is 0.333. The molecule has 0 amide bonds. The Hall–Kier alpha value is -2.49. The number of ether oxygens (including phenoxy) is 1. The van der Waals surface area contributed by atoms with Crippen LogP contribution in [0.15, 0.2) is 36.0 Å². The Morgan fingerprint density at radius 3 is 2.18 bits per heavy atom. The fourth-order valence-corrected chi connectivity index (χ4v) is 1.46. The topological polar surface area (TPSA) is 62.1 Å². The average molecular weight is 312 g/mol. The van der Waals surface area contributed by atoms with E-state index in [1.807, 2.05) is 0 Å². The van der Waals surface area contributed by atoms with E-state index in [-0.39, 0.29) is 17.1 Å². The number of alkyl halides is 3. The summed E-state index contributed by atoms with van der Waals surface area (Å²) < 4.78 is 39.8. The van der Waals surface area contributed by atoms with Crippen molar-refractivity contribution in [3.8, 4) is 11.8 Å². The number of hydrogen-bond acceptors (Lipinski definition) is 4. The third-order valence-electron chi connectivity index (χ3n) is 2.52. The zero-order valence-corrected chi connectivity index (χ0v) is 12.3. The molecule has 0 unspecified atom stereocenters. The molecule has 118 valence electrons. The molecule has 0 radical (unpaired) electrons. The lowest BCUT2D eigenvalue weighted by Gasteiger charge is -2.15. The maximum atomic E-state index is 12.0. The van der Waals surface area contributed by atoms with Crippen molar-refractivity contribution in [3.05, 3.63) is 36.0 Å². The van der Waals surface area contributed by atoms with E-state index in [9.17, 15) is 18.0 Å². The number of rotatable bonds is 4. The van der Waals surface area contributed by atoms with E-state index in [4.69, 9.17) is 5.26 Å². The van der Waals surface area contributed by atoms with Crippen molar-refractivity contribution in [3.63, 3.8) is 0 Å². The Labute approximate surface area is 126 Å². The largest absolute Gasteiger partial charge is 0.573 e. The lowest BCUT2D eigenvalue weighted by molar-refractivity contribution is -0.274. The molecule has 0 saturated heterocycles. The molecule has 1 aromatic carbocycles. The highest BCUT2D eigenvalue weighted by molar-refractivity contribution is 6.02. The zero-order chi connectivity index (χ0) is 17.0. The number of hydrogen-bond donors (Lipinski definition) is 1. The Morgan fingerprint density at radius 1 is 1.23 bits per heavy atom. The van der Waals surface area contributed by atoms with Gasteiger partial charge in [0, 0.05) is 17.3 Å². The van der Waals surface area contributed by atoms with Gasteiger partial charge in [0.05, 0.1) is 0 Å². The van der Waals surface area contributed by atoms with Crippen LogP contribution in [0.5, 0.6) is 5.75 Å². The van der Waals surface area contributed by atoms with Crippen molar-refractivity contribution < 1.29 is 22.7 Å². The summed E-state index contributed by atoms with van der Waals surface area (Å²) in [4.78, 5) is 12.0. The highest BCUT2D eigenvalue weighted by Crippen LogP contribution is 2.24. The zero-order valence-electron chi connectivity index (χ0n) is 12.3. The SMILES string of the molecule is CC(C)(C)C(=O)/C(C#N)=C/Nc1ccc(OC(F)(F)F)cc1. The molecule has 1 N–H and O–H groups in total. The first kappa shape index (κ1) is 17.6. The highest BCUT2D eigenvalue weighted by atomic mass is 19.4. The summed E-state index contributed by atoms with van der Waals surface area (Å²) >= 11 is 0. The quantitative estimate of drug-likeness (QED) is 0.674. The van der Waals surface area contributed by atoms with Crippen molar-refractivity contribution >= 4 is 11.5 Å². The number of nitriles is 1. The molecule has 7 heteroatoms. The molecule has 0 spiro atoms. The number of nitrogens with one attached hydrogen (secondary N) is 1. The monoisotopic (exact) mass is 312 g/mol. The third kappa shape index (κ3) is 5.48. The number of ketones is 1. The van der Waals surface area contributed by atoms with Crippen molar-refractivity contribution in [2.75, 3.05) is 5.32 Å². The van der Waals surface area contributed by atoms with Gasteiger partial charge in [-0.3, -0.25) is 4.79 Å². The number of allylic oxidation sites excluding steroid dienone is 1. The Bertz CT molecular complexity index is 606. The predicted octanol–water partition coefficient (Wildman–Crippen LogP) is 4.02. The van der Waals surface area contributed by atoms with Crippen molar-refractivity contribution in [2.45, 2.75) is 27.1 Å². The summed E-state index contributed by atoms with van der Waals surface area (Å²) in [5.41, 5.74) is -0.347. The summed E-state index contributed by atoms with van der Waals surface area (Å²) in [6.07, 6.45) is -3.52. The maximum Gasteiger partial charge on any atom is 0.573 e. The number of Topliss-reactive ketones (excluding diaryl/α,β-unsaturated/α-hetero) is 1. The number of benzene rings is 1. The second-order valence-electron chi connectivity index (χ2n) is 5.47. The first-order chi connectivity index (χ1) is 10.0. The summed E-state index contributed by atoms with van der Waals surface area (Å²) in [5, 5.41) is 11.7. The molecule has 22 heavy (non-hydrogen) atoms. The minimum absolute atomic E-state index is 0.0666. The van der Waals surface area contributed by atoms with Crippen molar-refractivity contribution in [2.24, 2.45) is 5.41 Å². The van der Waals surface area contributed by atoms with Crippen LogP contribution in [-0.2, 0) is 4.79 Å². The van der Waals surface area contributed by atoms with Gasteiger partial charge < -0.3 is 10.1 Å². The lowest BCUT2D eigenvalue weighted by atomic mass is 9.87. The van der Waals surface area contributed by atoms with Crippen LogP contribution in [0.1, 0.15) is 20.8 Å². The Morgan fingerprint density at radius 2 is 1.77 bits per heavy atom. The van der Waals surface area contributed by atoms with Crippen LogP contribution in [0.4, 0.5) is 18.9 Å².